The quantitative estimate of drug-likeness (QED) is 0.791. The molecule has 0 atom stereocenters. The number of hydrogen-bond donors (Lipinski definition) is 1. The van der Waals surface area contributed by atoms with Crippen molar-refractivity contribution in [3.05, 3.63) is 42.2 Å². The zero-order valence-corrected chi connectivity index (χ0v) is 11.9. The Bertz CT molecular complexity index is 782. The molecule has 0 saturated carbocycles. The van der Waals surface area contributed by atoms with Crippen LogP contribution >= 0.6 is 0 Å². The molecular formula is C15H16N4O2. The molecule has 0 fully saturated rings. The van der Waals surface area contributed by atoms with Gasteiger partial charge in [-0.05, 0) is 24.3 Å². The molecule has 3 aromatic rings. The molecule has 2 N–H and O–H groups in total. The second-order valence-electron chi connectivity index (χ2n) is 4.49. The van der Waals surface area contributed by atoms with Gasteiger partial charge in [0.25, 0.3) is 0 Å². The minimum atomic E-state index is 0.365. The molecule has 0 amide bonds. The first-order chi connectivity index (χ1) is 10.3. The Morgan fingerprint density at radius 3 is 2.71 bits per heavy atom. The topological polar surface area (TPSA) is 74.7 Å². The monoisotopic (exact) mass is 284 g/mol. The molecule has 21 heavy (non-hydrogen) atoms. The standard InChI is InChI=1S/C15H16N4O2/c1-20-12-5-4-10(8-13(12)21-2)14-11(9-16)15-17-6-3-7-19(15)18-14/h3-8H,9,16H2,1-2H3. The summed E-state index contributed by atoms with van der Waals surface area (Å²) in [5, 5.41) is 4.56. The van der Waals surface area contributed by atoms with Gasteiger partial charge in [-0.2, -0.15) is 5.10 Å². The van der Waals surface area contributed by atoms with E-state index in [4.69, 9.17) is 15.2 Å². The highest BCUT2D eigenvalue weighted by atomic mass is 16.5. The molecule has 108 valence electrons. The molecule has 0 aliphatic rings. The number of ether oxygens (including phenoxy) is 2. The van der Waals surface area contributed by atoms with Crippen LogP contribution in [0.5, 0.6) is 11.5 Å². The first-order valence-electron chi connectivity index (χ1n) is 6.53. The number of nitrogens with zero attached hydrogens (tertiary/aromatic N) is 3. The lowest BCUT2D eigenvalue weighted by molar-refractivity contribution is 0.355. The smallest absolute Gasteiger partial charge is 0.161 e. The second-order valence-corrected chi connectivity index (χ2v) is 4.49. The SMILES string of the molecule is COc1ccc(-c2nn3cccnc3c2CN)cc1OC. The van der Waals surface area contributed by atoms with Gasteiger partial charge in [-0.3, -0.25) is 0 Å². The summed E-state index contributed by atoms with van der Waals surface area (Å²) >= 11 is 0. The highest BCUT2D eigenvalue weighted by molar-refractivity contribution is 5.72. The highest BCUT2D eigenvalue weighted by Crippen LogP contribution is 2.33. The van der Waals surface area contributed by atoms with Crippen molar-refractivity contribution >= 4 is 5.65 Å². The fraction of sp³-hybridized carbons (Fsp3) is 0.200. The van der Waals surface area contributed by atoms with E-state index in [9.17, 15) is 0 Å². The minimum Gasteiger partial charge on any atom is -0.493 e. The van der Waals surface area contributed by atoms with Gasteiger partial charge in [0, 0.05) is 30.1 Å². The molecular weight excluding hydrogens is 268 g/mol. The van der Waals surface area contributed by atoms with Gasteiger partial charge in [0.05, 0.1) is 19.9 Å². The van der Waals surface area contributed by atoms with Crippen LogP contribution in [0.4, 0.5) is 0 Å². The summed E-state index contributed by atoms with van der Waals surface area (Å²) < 4.78 is 12.3. The highest BCUT2D eigenvalue weighted by Gasteiger charge is 2.15. The minimum absolute atomic E-state index is 0.365. The van der Waals surface area contributed by atoms with Gasteiger partial charge in [-0.1, -0.05) is 0 Å². The molecule has 0 saturated heterocycles. The third kappa shape index (κ3) is 2.19. The van der Waals surface area contributed by atoms with Crippen molar-refractivity contribution in [3.63, 3.8) is 0 Å². The summed E-state index contributed by atoms with van der Waals surface area (Å²) in [6.07, 6.45) is 3.58. The van der Waals surface area contributed by atoms with E-state index in [-0.39, 0.29) is 0 Å². The fourth-order valence-corrected chi connectivity index (χ4v) is 2.34. The molecule has 6 heteroatoms. The molecule has 2 heterocycles. The summed E-state index contributed by atoms with van der Waals surface area (Å²) in [7, 11) is 3.22. The van der Waals surface area contributed by atoms with E-state index in [0.717, 1.165) is 22.5 Å². The van der Waals surface area contributed by atoms with E-state index in [1.807, 2.05) is 30.5 Å². The van der Waals surface area contributed by atoms with Crippen molar-refractivity contribution in [2.45, 2.75) is 6.54 Å². The Hall–Kier alpha value is -2.60. The molecule has 6 nitrogen and oxygen atoms in total. The summed E-state index contributed by atoms with van der Waals surface area (Å²) in [5.74, 6) is 1.33. The lowest BCUT2D eigenvalue weighted by atomic mass is 10.1. The predicted octanol–water partition coefficient (Wildman–Crippen LogP) is 1.87. The van der Waals surface area contributed by atoms with Crippen molar-refractivity contribution in [1.29, 1.82) is 0 Å². The number of benzene rings is 1. The Labute approximate surface area is 122 Å². The van der Waals surface area contributed by atoms with Crippen molar-refractivity contribution in [1.82, 2.24) is 14.6 Å². The van der Waals surface area contributed by atoms with Crippen molar-refractivity contribution in [2.24, 2.45) is 5.73 Å². The van der Waals surface area contributed by atoms with E-state index in [1.165, 1.54) is 0 Å². The number of methoxy groups -OCH3 is 2. The number of hydrogen-bond acceptors (Lipinski definition) is 5. The Morgan fingerprint density at radius 1 is 1.19 bits per heavy atom. The average molecular weight is 284 g/mol. The van der Waals surface area contributed by atoms with E-state index >= 15 is 0 Å². The van der Waals surface area contributed by atoms with E-state index in [0.29, 0.717) is 18.0 Å². The summed E-state index contributed by atoms with van der Waals surface area (Å²) in [5.41, 5.74) is 9.27. The summed E-state index contributed by atoms with van der Waals surface area (Å²) in [6.45, 7) is 0.365. The van der Waals surface area contributed by atoms with Gasteiger partial charge in [-0.25, -0.2) is 9.50 Å². The first kappa shape index (κ1) is 13.4. The number of aromatic nitrogens is 3. The van der Waals surface area contributed by atoms with Crippen LogP contribution in [0.3, 0.4) is 0 Å². The molecule has 0 unspecified atom stereocenters. The maximum absolute atomic E-state index is 5.88. The lowest BCUT2D eigenvalue weighted by Gasteiger charge is -2.09. The maximum Gasteiger partial charge on any atom is 0.161 e. The largest absolute Gasteiger partial charge is 0.493 e. The second kappa shape index (κ2) is 5.41. The third-order valence-corrected chi connectivity index (χ3v) is 3.35. The molecule has 0 spiro atoms. The molecule has 3 rings (SSSR count). The van der Waals surface area contributed by atoms with E-state index in [1.54, 1.807) is 24.9 Å². The van der Waals surface area contributed by atoms with Gasteiger partial charge in [0.2, 0.25) is 0 Å². The summed E-state index contributed by atoms with van der Waals surface area (Å²) in [4.78, 5) is 4.34. The maximum atomic E-state index is 5.88. The van der Waals surface area contributed by atoms with Gasteiger partial charge in [-0.15, -0.1) is 0 Å². The number of rotatable bonds is 4. The van der Waals surface area contributed by atoms with Gasteiger partial charge < -0.3 is 15.2 Å². The zero-order valence-electron chi connectivity index (χ0n) is 11.9. The molecule has 2 aromatic heterocycles. The number of nitrogens with two attached hydrogens (primary N) is 1. The Kier molecular flexibility index (Phi) is 3.45. The van der Waals surface area contributed by atoms with Crippen LogP contribution in [0.2, 0.25) is 0 Å². The van der Waals surface area contributed by atoms with Crippen LogP contribution in [0.1, 0.15) is 5.56 Å². The molecule has 1 aromatic carbocycles. The lowest BCUT2D eigenvalue weighted by Crippen LogP contribution is -1.99. The molecule has 0 bridgehead atoms. The Balaban J connectivity index is 2.20. The van der Waals surface area contributed by atoms with Crippen molar-refractivity contribution < 1.29 is 9.47 Å². The van der Waals surface area contributed by atoms with Gasteiger partial charge in [0.15, 0.2) is 17.1 Å². The number of fused-ring (bicyclic) bond motifs is 1. The van der Waals surface area contributed by atoms with Crippen LogP contribution in [0, 0.1) is 0 Å². The van der Waals surface area contributed by atoms with Gasteiger partial charge in [0.1, 0.15) is 0 Å². The van der Waals surface area contributed by atoms with Crippen molar-refractivity contribution in [3.8, 4) is 22.8 Å². The van der Waals surface area contributed by atoms with Crippen LogP contribution in [-0.2, 0) is 6.54 Å². The van der Waals surface area contributed by atoms with Crippen molar-refractivity contribution in [2.75, 3.05) is 14.2 Å². The molecule has 0 aliphatic carbocycles. The third-order valence-electron chi connectivity index (χ3n) is 3.35. The zero-order chi connectivity index (χ0) is 14.8. The van der Waals surface area contributed by atoms with Gasteiger partial charge >= 0.3 is 0 Å². The van der Waals surface area contributed by atoms with Crippen LogP contribution in [-0.4, -0.2) is 28.8 Å². The van der Waals surface area contributed by atoms with Crippen LogP contribution < -0.4 is 15.2 Å². The average Bonchev–Trinajstić information content (AvgIpc) is 2.92. The first-order valence-corrected chi connectivity index (χ1v) is 6.53. The van der Waals surface area contributed by atoms with Crippen LogP contribution in [0.15, 0.2) is 36.7 Å². The van der Waals surface area contributed by atoms with Crippen LogP contribution in [0.25, 0.3) is 16.9 Å². The fourth-order valence-electron chi connectivity index (χ4n) is 2.34. The Morgan fingerprint density at radius 2 is 2.00 bits per heavy atom. The molecule has 0 aliphatic heterocycles. The normalized spacial score (nSPS) is 10.8. The van der Waals surface area contributed by atoms with E-state index < -0.39 is 0 Å². The molecule has 0 radical (unpaired) electrons. The predicted molar refractivity (Wildman–Crippen MR) is 79.4 cm³/mol. The van der Waals surface area contributed by atoms with E-state index in [2.05, 4.69) is 10.1 Å². The summed E-state index contributed by atoms with van der Waals surface area (Å²) in [6, 6.07) is 7.51.